The summed E-state index contributed by atoms with van der Waals surface area (Å²) >= 11 is 0. The fraction of sp³-hybridized carbons (Fsp3) is 0.357. The summed E-state index contributed by atoms with van der Waals surface area (Å²) < 4.78 is 43.0. The minimum Gasteiger partial charge on any atom is -0.207 e. The van der Waals surface area contributed by atoms with Gasteiger partial charge in [0.1, 0.15) is 5.83 Å². The van der Waals surface area contributed by atoms with E-state index in [4.69, 9.17) is 0 Å². The van der Waals surface area contributed by atoms with E-state index in [9.17, 15) is 13.2 Å². The largest absolute Gasteiger partial charge is 0.207 e. The second-order valence-corrected chi connectivity index (χ2v) is 8.71. The van der Waals surface area contributed by atoms with Crippen LogP contribution in [0.4, 0.5) is 13.2 Å². The van der Waals surface area contributed by atoms with Gasteiger partial charge in [-0.05, 0) is 78.4 Å². The van der Waals surface area contributed by atoms with Crippen LogP contribution in [0.5, 0.6) is 0 Å². The van der Waals surface area contributed by atoms with Gasteiger partial charge in [-0.25, -0.2) is 13.2 Å². The lowest BCUT2D eigenvalue weighted by molar-refractivity contribution is 0.339. The highest BCUT2D eigenvalue weighted by molar-refractivity contribution is 5.46. The fourth-order valence-electron chi connectivity index (χ4n) is 3.76. The lowest BCUT2D eigenvalue weighted by Crippen LogP contribution is -2.13. The molecule has 1 aromatic carbocycles. The molecule has 0 amide bonds. The summed E-state index contributed by atoms with van der Waals surface area (Å²) in [5, 5.41) is 0. The highest BCUT2D eigenvalue weighted by Gasteiger charge is 2.24. The summed E-state index contributed by atoms with van der Waals surface area (Å²) in [7, 11) is 0. The maximum absolute atomic E-state index is 14.7. The summed E-state index contributed by atoms with van der Waals surface area (Å²) in [5.41, 5.74) is 2.90. The lowest BCUT2D eigenvalue weighted by Gasteiger charge is -2.27. The van der Waals surface area contributed by atoms with Crippen molar-refractivity contribution < 1.29 is 13.2 Å². The molecule has 1 fully saturated rings. The number of aryl methyl sites for hydroxylation is 1. The maximum atomic E-state index is 14.7. The molecule has 0 bridgehead atoms. The molecule has 3 heteroatoms. The first kappa shape index (κ1) is 24.7. The van der Waals surface area contributed by atoms with Gasteiger partial charge < -0.3 is 0 Å². The van der Waals surface area contributed by atoms with Crippen molar-refractivity contribution in [2.24, 2.45) is 5.92 Å². The number of hydrogen-bond acceptors (Lipinski definition) is 0. The van der Waals surface area contributed by atoms with Gasteiger partial charge in [-0.2, -0.15) is 0 Å². The SMILES string of the molecule is C=C(/C=C\C(=C)C(=C)/C=C(/F)C(=C)C)CCc1ccc(C2CCC(C)CC2)c(F)c1F. The van der Waals surface area contributed by atoms with Gasteiger partial charge in [0, 0.05) is 0 Å². The van der Waals surface area contributed by atoms with Crippen LogP contribution < -0.4 is 0 Å². The molecular weight excluding hydrogens is 393 g/mol. The van der Waals surface area contributed by atoms with E-state index in [1.807, 2.05) is 0 Å². The second kappa shape index (κ2) is 11.2. The predicted octanol–water partition coefficient (Wildman–Crippen LogP) is 8.85. The number of rotatable bonds is 9. The Morgan fingerprint density at radius 3 is 2.23 bits per heavy atom. The number of hydrogen-bond donors (Lipinski definition) is 0. The number of allylic oxidation sites excluding steroid dienone is 8. The zero-order chi connectivity index (χ0) is 23.1. The zero-order valence-electron chi connectivity index (χ0n) is 18.7. The molecule has 0 saturated heterocycles. The lowest BCUT2D eigenvalue weighted by atomic mass is 9.79. The summed E-state index contributed by atoms with van der Waals surface area (Å²) in [4.78, 5) is 0. The smallest absolute Gasteiger partial charge is 0.162 e. The number of benzene rings is 1. The van der Waals surface area contributed by atoms with Crippen molar-refractivity contribution in [3.8, 4) is 0 Å². The quantitative estimate of drug-likeness (QED) is 0.346. The zero-order valence-corrected chi connectivity index (χ0v) is 18.7. The van der Waals surface area contributed by atoms with Crippen LogP contribution in [0.25, 0.3) is 0 Å². The van der Waals surface area contributed by atoms with Gasteiger partial charge in [-0.15, -0.1) is 0 Å². The Morgan fingerprint density at radius 1 is 0.968 bits per heavy atom. The molecule has 0 unspecified atom stereocenters. The summed E-state index contributed by atoms with van der Waals surface area (Å²) in [5.74, 6) is -1.11. The molecule has 1 saturated carbocycles. The summed E-state index contributed by atoms with van der Waals surface area (Å²) in [6.07, 6.45) is 9.50. The number of halogens is 3. The molecule has 0 aliphatic heterocycles. The molecule has 166 valence electrons. The predicted molar refractivity (Wildman–Crippen MR) is 126 cm³/mol. The Kier molecular flexibility index (Phi) is 8.91. The fourth-order valence-corrected chi connectivity index (χ4v) is 3.76. The van der Waals surface area contributed by atoms with Crippen LogP contribution >= 0.6 is 0 Å². The molecule has 0 aromatic heterocycles. The van der Waals surface area contributed by atoms with Crippen LogP contribution in [0.1, 0.15) is 63.0 Å². The summed E-state index contributed by atoms with van der Waals surface area (Å²) in [6.45, 7) is 18.9. The molecule has 1 aromatic rings. The first-order chi connectivity index (χ1) is 14.6. The van der Waals surface area contributed by atoms with E-state index < -0.39 is 17.5 Å². The van der Waals surface area contributed by atoms with E-state index in [0.29, 0.717) is 46.6 Å². The van der Waals surface area contributed by atoms with Crippen LogP contribution in [0, 0.1) is 17.6 Å². The van der Waals surface area contributed by atoms with Gasteiger partial charge in [0.2, 0.25) is 0 Å². The Balaban J connectivity index is 1.96. The van der Waals surface area contributed by atoms with Crippen molar-refractivity contribution in [2.75, 3.05) is 0 Å². The molecular formula is C28H33F3. The minimum atomic E-state index is -0.744. The first-order valence-electron chi connectivity index (χ1n) is 10.8. The van der Waals surface area contributed by atoms with Gasteiger partial charge in [-0.3, -0.25) is 0 Å². The first-order valence-corrected chi connectivity index (χ1v) is 10.8. The van der Waals surface area contributed by atoms with Crippen LogP contribution in [-0.2, 0) is 6.42 Å². The van der Waals surface area contributed by atoms with E-state index in [-0.39, 0.29) is 5.92 Å². The Labute approximate surface area is 185 Å². The van der Waals surface area contributed by atoms with Crippen LogP contribution in [0.15, 0.2) is 84.8 Å². The molecule has 1 aliphatic carbocycles. The van der Waals surface area contributed by atoms with E-state index in [0.717, 1.165) is 31.3 Å². The van der Waals surface area contributed by atoms with Crippen molar-refractivity contribution in [1.29, 1.82) is 0 Å². The average molecular weight is 427 g/mol. The third kappa shape index (κ3) is 6.99. The van der Waals surface area contributed by atoms with Crippen molar-refractivity contribution in [1.82, 2.24) is 0 Å². The average Bonchev–Trinajstić information content (AvgIpc) is 2.73. The van der Waals surface area contributed by atoms with Gasteiger partial charge >= 0.3 is 0 Å². The van der Waals surface area contributed by atoms with Gasteiger partial charge in [-0.1, -0.05) is 75.9 Å². The normalized spacial score (nSPS) is 19.5. The summed E-state index contributed by atoms with van der Waals surface area (Å²) in [6, 6.07) is 3.45. The third-order valence-corrected chi connectivity index (χ3v) is 6.00. The molecule has 0 spiro atoms. The molecule has 0 N–H and O–H groups in total. The topological polar surface area (TPSA) is 0 Å². The molecule has 0 radical (unpaired) electrons. The molecule has 2 rings (SSSR count). The van der Waals surface area contributed by atoms with Crippen molar-refractivity contribution in [3.63, 3.8) is 0 Å². The third-order valence-electron chi connectivity index (χ3n) is 6.00. The minimum absolute atomic E-state index is 0.112. The monoisotopic (exact) mass is 426 g/mol. The van der Waals surface area contributed by atoms with Crippen molar-refractivity contribution in [3.05, 3.63) is 108 Å². The Morgan fingerprint density at radius 2 is 1.61 bits per heavy atom. The molecule has 1 aliphatic rings. The maximum Gasteiger partial charge on any atom is 0.162 e. The van der Waals surface area contributed by atoms with E-state index in [1.54, 1.807) is 31.2 Å². The van der Waals surface area contributed by atoms with Crippen LogP contribution in [0.2, 0.25) is 0 Å². The highest BCUT2D eigenvalue weighted by Crippen LogP contribution is 2.37. The highest BCUT2D eigenvalue weighted by atomic mass is 19.2. The Bertz CT molecular complexity index is 922. The molecule has 0 heterocycles. The standard InChI is InChI=1S/C28H33F3/c1-18(2)26(29)17-22(6)21(5)11-7-19(3)10-14-24-15-16-25(28(31)27(24)30)23-12-8-20(4)9-13-23/h7,11,15-17,20,23H,1,3,5-6,8-10,12-14H2,2,4H3/b11-7-,26-17+. The van der Waals surface area contributed by atoms with E-state index in [2.05, 4.69) is 33.2 Å². The molecule has 0 nitrogen and oxygen atoms in total. The molecule has 0 atom stereocenters. The second-order valence-electron chi connectivity index (χ2n) is 8.71. The molecule has 31 heavy (non-hydrogen) atoms. The van der Waals surface area contributed by atoms with Crippen LogP contribution in [0.3, 0.4) is 0 Å². The Hall–Kier alpha value is -2.55. The van der Waals surface area contributed by atoms with Crippen molar-refractivity contribution in [2.45, 2.75) is 58.3 Å². The van der Waals surface area contributed by atoms with Gasteiger partial charge in [0.05, 0.1) is 0 Å². The van der Waals surface area contributed by atoms with Crippen molar-refractivity contribution >= 4 is 0 Å². The van der Waals surface area contributed by atoms with Gasteiger partial charge in [0.25, 0.3) is 0 Å². The van der Waals surface area contributed by atoms with Gasteiger partial charge in [0.15, 0.2) is 11.6 Å². The van der Waals surface area contributed by atoms with E-state index in [1.165, 1.54) is 6.08 Å². The van der Waals surface area contributed by atoms with E-state index >= 15 is 0 Å². The van der Waals surface area contributed by atoms with Crippen LogP contribution in [-0.4, -0.2) is 0 Å².